The smallest absolute Gasteiger partial charge is 0.306 e. The molecule has 0 spiro atoms. The van der Waals surface area contributed by atoms with Crippen LogP contribution in [0.15, 0.2) is 134 Å². The first kappa shape index (κ1) is 59.5. The van der Waals surface area contributed by atoms with Gasteiger partial charge in [-0.15, -0.1) is 0 Å². The number of carbonyl (C=O) groups is 3. The quantitative estimate of drug-likeness (QED) is 0.0200. The second kappa shape index (κ2) is 51.2. The fourth-order valence-electron chi connectivity index (χ4n) is 6.27. The van der Waals surface area contributed by atoms with Crippen molar-refractivity contribution in [2.24, 2.45) is 0 Å². The molecule has 6 nitrogen and oxygen atoms in total. The highest BCUT2D eigenvalue weighted by atomic mass is 16.6. The van der Waals surface area contributed by atoms with Crippen molar-refractivity contribution in [3.8, 4) is 0 Å². The predicted molar refractivity (Wildman–Crippen MR) is 274 cm³/mol. The van der Waals surface area contributed by atoms with E-state index < -0.39 is 6.10 Å². The summed E-state index contributed by atoms with van der Waals surface area (Å²) in [5, 5.41) is 0. The fourth-order valence-corrected chi connectivity index (χ4v) is 6.27. The molecule has 0 bridgehead atoms. The second-order valence-corrected chi connectivity index (χ2v) is 16.0. The summed E-state index contributed by atoms with van der Waals surface area (Å²) in [6, 6.07) is 0. The molecule has 0 N–H and O–H groups in total. The van der Waals surface area contributed by atoms with Gasteiger partial charge in [-0.25, -0.2) is 0 Å². The van der Waals surface area contributed by atoms with E-state index in [0.717, 1.165) is 128 Å². The molecule has 0 radical (unpaired) electrons. The van der Waals surface area contributed by atoms with E-state index in [0.29, 0.717) is 19.3 Å². The Hall–Kier alpha value is -4.45. The van der Waals surface area contributed by atoms with Gasteiger partial charge in [-0.1, -0.05) is 206 Å². The Balaban J connectivity index is 4.55. The Kier molecular flexibility index (Phi) is 47.6. The second-order valence-electron chi connectivity index (χ2n) is 16.0. The average Bonchev–Trinajstić information content (AvgIpc) is 3.29. The van der Waals surface area contributed by atoms with Gasteiger partial charge in [0.1, 0.15) is 13.2 Å². The Labute approximate surface area is 392 Å². The van der Waals surface area contributed by atoms with Crippen LogP contribution in [0, 0.1) is 0 Å². The van der Waals surface area contributed by atoms with Crippen molar-refractivity contribution in [2.45, 2.75) is 200 Å². The van der Waals surface area contributed by atoms with E-state index in [-0.39, 0.29) is 37.5 Å². The van der Waals surface area contributed by atoms with Crippen LogP contribution in [0.5, 0.6) is 0 Å². The van der Waals surface area contributed by atoms with Crippen molar-refractivity contribution in [1.29, 1.82) is 0 Å². The molecule has 0 aromatic heterocycles. The standard InChI is InChI=1S/C58H90O6/c1-4-7-10-13-16-19-22-25-27-28-29-30-32-33-36-39-42-45-48-51-57(60)63-54-55(53-62-56(59)50-47-44-41-38-35-24-21-18-15-12-9-6-3)64-58(61)52-49-46-43-40-37-34-31-26-23-20-17-14-11-8-5-2/h7-12,14,16-21,23,25,27,29-30,33,36,42,45,55H,4-6,13,15,22,24,26,28,31-32,34-35,37-41,43-44,46-54H2,1-3H3/b10-7-,11-8-,12-9-,17-14-,19-16-,21-18-,23-20-,27-25-,30-29-,36-33-,45-42-. The molecule has 0 aromatic rings. The van der Waals surface area contributed by atoms with Gasteiger partial charge in [0.05, 0.1) is 0 Å². The van der Waals surface area contributed by atoms with Crippen molar-refractivity contribution in [1.82, 2.24) is 0 Å². The fraction of sp³-hybridized carbons (Fsp3) is 0.569. The zero-order chi connectivity index (χ0) is 46.5. The van der Waals surface area contributed by atoms with Gasteiger partial charge in [0.2, 0.25) is 0 Å². The number of hydrogen-bond acceptors (Lipinski definition) is 6. The number of allylic oxidation sites excluding steroid dienone is 22. The third-order valence-electron chi connectivity index (χ3n) is 9.96. The van der Waals surface area contributed by atoms with Crippen molar-refractivity contribution in [2.75, 3.05) is 13.2 Å². The molecule has 64 heavy (non-hydrogen) atoms. The van der Waals surface area contributed by atoms with E-state index in [1.807, 2.05) is 12.2 Å². The minimum atomic E-state index is -0.825. The van der Waals surface area contributed by atoms with Gasteiger partial charge in [0.25, 0.3) is 0 Å². The maximum absolute atomic E-state index is 12.8. The number of rotatable bonds is 43. The molecular weight excluding hydrogens is 793 g/mol. The number of carbonyl (C=O) groups excluding carboxylic acids is 3. The van der Waals surface area contributed by atoms with Crippen LogP contribution < -0.4 is 0 Å². The summed E-state index contributed by atoms with van der Waals surface area (Å²) in [6.45, 7) is 6.17. The molecule has 0 rings (SSSR count). The van der Waals surface area contributed by atoms with Crippen molar-refractivity contribution in [3.05, 3.63) is 134 Å². The molecule has 0 heterocycles. The average molecular weight is 883 g/mol. The lowest BCUT2D eigenvalue weighted by Gasteiger charge is -2.18. The molecular formula is C58H90O6. The third-order valence-corrected chi connectivity index (χ3v) is 9.96. The van der Waals surface area contributed by atoms with Gasteiger partial charge >= 0.3 is 17.9 Å². The number of ether oxygens (including phenoxy) is 3. The van der Waals surface area contributed by atoms with Crippen LogP contribution in [0.3, 0.4) is 0 Å². The first-order chi connectivity index (χ1) is 31.5. The Morgan fingerprint density at radius 1 is 0.328 bits per heavy atom. The largest absolute Gasteiger partial charge is 0.462 e. The topological polar surface area (TPSA) is 78.9 Å². The molecule has 6 heteroatoms. The van der Waals surface area contributed by atoms with E-state index in [2.05, 4.69) is 142 Å². The molecule has 0 saturated carbocycles. The molecule has 0 aliphatic carbocycles. The number of esters is 3. The summed E-state index contributed by atoms with van der Waals surface area (Å²) in [6.07, 6.45) is 71.6. The summed E-state index contributed by atoms with van der Waals surface area (Å²) < 4.78 is 16.7. The minimum absolute atomic E-state index is 0.119. The molecule has 0 aliphatic heterocycles. The maximum Gasteiger partial charge on any atom is 0.306 e. The van der Waals surface area contributed by atoms with Gasteiger partial charge in [0.15, 0.2) is 6.10 Å². The highest BCUT2D eigenvalue weighted by molar-refractivity contribution is 5.71. The summed E-state index contributed by atoms with van der Waals surface area (Å²) in [4.78, 5) is 37.9. The molecule has 0 aromatic carbocycles. The molecule has 0 aliphatic rings. The van der Waals surface area contributed by atoms with Crippen LogP contribution in [0.2, 0.25) is 0 Å². The lowest BCUT2D eigenvalue weighted by molar-refractivity contribution is -0.166. The number of unbranched alkanes of at least 4 members (excludes halogenated alkanes) is 12. The van der Waals surface area contributed by atoms with Crippen LogP contribution in [-0.2, 0) is 28.6 Å². The zero-order valence-corrected chi connectivity index (χ0v) is 40.7. The zero-order valence-electron chi connectivity index (χ0n) is 40.7. The van der Waals surface area contributed by atoms with Gasteiger partial charge in [0, 0.05) is 19.3 Å². The first-order valence-corrected chi connectivity index (χ1v) is 25.2. The Morgan fingerprint density at radius 3 is 1.14 bits per heavy atom. The highest BCUT2D eigenvalue weighted by Gasteiger charge is 2.19. The van der Waals surface area contributed by atoms with E-state index >= 15 is 0 Å². The van der Waals surface area contributed by atoms with Crippen LogP contribution in [0.1, 0.15) is 194 Å². The van der Waals surface area contributed by atoms with Gasteiger partial charge in [-0.05, 0) is 103 Å². The van der Waals surface area contributed by atoms with Gasteiger partial charge in [-0.2, -0.15) is 0 Å². The summed E-state index contributed by atoms with van der Waals surface area (Å²) in [7, 11) is 0. The van der Waals surface area contributed by atoms with E-state index in [9.17, 15) is 14.4 Å². The SMILES string of the molecule is CC\C=C/C=C\C=C/CCCCCCCCCC(=O)OC(COC(=O)CC/C=C\C/C=C\C/C=C\C/C=C\C/C=C\C/C=C\CC)COC(=O)CCCCCCC/C=C\C/C=C\CC. The normalized spacial score (nSPS) is 13.2. The highest BCUT2D eigenvalue weighted by Crippen LogP contribution is 2.13. The van der Waals surface area contributed by atoms with Crippen LogP contribution >= 0.6 is 0 Å². The third kappa shape index (κ3) is 48.6. The Morgan fingerprint density at radius 2 is 0.672 bits per heavy atom. The molecule has 0 fully saturated rings. The Bertz CT molecular complexity index is 1430. The molecule has 1 atom stereocenters. The van der Waals surface area contributed by atoms with Crippen LogP contribution in [0.25, 0.3) is 0 Å². The molecule has 0 amide bonds. The summed E-state index contributed by atoms with van der Waals surface area (Å²) >= 11 is 0. The van der Waals surface area contributed by atoms with Gasteiger partial charge < -0.3 is 14.2 Å². The van der Waals surface area contributed by atoms with E-state index in [1.54, 1.807) is 0 Å². The van der Waals surface area contributed by atoms with E-state index in [1.165, 1.54) is 19.3 Å². The molecule has 358 valence electrons. The minimum Gasteiger partial charge on any atom is -0.462 e. The van der Waals surface area contributed by atoms with Gasteiger partial charge in [-0.3, -0.25) is 14.4 Å². The van der Waals surface area contributed by atoms with Crippen molar-refractivity contribution in [3.63, 3.8) is 0 Å². The lowest BCUT2D eigenvalue weighted by atomic mass is 10.1. The lowest BCUT2D eigenvalue weighted by Crippen LogP contribution is -2.30. The monoisotopic (exact) mass is 883 g/mol. The predicted octanol–water partition coefficient (Wildman–Crippen LogP) is 16.7. The molecule has 0 saturated heterocycles. The summed E-state index contributed by atoms with van der Waals surface area (Å²) in [5.74, 6) is -1.04. The number of hydrogen-bond donors (Lipinski definition) is 0. The van der Waals surface area contributed by atoms with E-state index in [4.69, 9.17) is 14.2 Å². The maximum atomic E-state index is 12.8. The summed E-state index contributed by atoms with van der Waals surface area (Å²) in [5.41, 5.74) is 0. The van der Waals surface area contributed by atoms with Crippen molar-refractivity contribution < 1.29 is 28.6 Å². The van der Waals surface area contributed by atoms with Crippen LogP contribution in [0.4, 0.5) is 0 Å². The first-order valence-electron chi connectivity index (χ1n) is 25.2. The molecule has 1 unspecified atom stereocenters. The van der Waals surface area contributed by atoms with Crippen LogP contribution in [-0.4, -0.2) is 37.2 Å². The van der Waals surface area contributed by atoms with Crippen molar-refractivity contribution >= 4 is 17.9 Å².